The second-order valence-corrected chi connectivity index (χ2v) is 13.7. The molecular formula is C36H60O6. The standard InChI is InChI=1S/C36H60O6/c1-8-9-10-11-13-16-22-27-36(32(38)41-34(2,3)4,33(39)42-35(5,6)7)28-23-17-14-12-15-21-26-31(37)40-29-30-24-19-18-20-25-30/h18-20,24-25H,8-17,21-23,26-29H2,1-7H3. The average molecular weight is 589 g/mol. The van der Waals surface area contributed by atoms with Crippen LogP contribution in [0.4, 0.5) is 0 Å². The molecule has 240 valence electrons. The van der Waals surface area contributed by atoms with Crippen LogP contribution in [0.2, 0.25) is 0 Å². The van der Waals surface area contributed by atoms with Crippen molar-refractivity contribution < 1.29 is 28.6 Å². The lowest BCUT2D eigenvalue weighted by atomic mass is 9.77. The van der Waals surface area contributed by atoms with Crippen LogP contribution in [0.5, 0.6) is 0 Å². The van der Waals surface area contributed by atoms with E-state index >= 15 is 0 Å². The Hall–Kier alpha value is -2.37. The van der Waals surface area contributed by atoms with E-state index in [0.29, 0.717) is 25.9 Å². The molecule has 0 atom stereocenters. The second kappa shape index (κ2) is 19.7. The fourth-order valence-corrected chi connectivity index (χ4v) is 4.97. The third-order valence-corrected chi connectivity index (χ3v) is 7.26. The first kappa shape index (κ1) is 37.7. The molecule has 0 heterocycles. The van der Waals surface area contributed by atoms with Crippen LogP contribution in [0, 0.1) is 5.41 Å². The van der Waals surface area contributed by atoms with Crippen molar-refractivity contribution in [2.24, 2.45) is 5.41 Å². The topological polar surface area (TPSA) is 78.9 Å². The van der Waals surface area contributed by atoms with Crippen molar-refractivity contribution >= 4 is 17.9 Å². The molecule has 1 rings (SSSR count). The maximum absolute atomic E-state index is 13.7. The van der Waals surface area contributed by atoms with Gasteiger partial charge in [0, 0.05) is 6.42 Å². The number of unbranched alkanes of at least 4 members (excludes halogenated alkanes) is 11. The number of carbonyl (C=O) groups is 3. The van der Waals surface area contributed by atoms with Crippen LogP contribution in [-0.2, 0) is 35.2 Å². The van der Waals surface area contributed by atoms with E-state index in [-0.39, 0.29) is 5.97 Å². The molecule has 0 unspecified atom stereocenters. The number of esters is 3. The summed E-state index contributed by atoms with van der Waals surface area (Å²) in [4.78, 5) is 39.4. The zero-order valence-electron chi connectivity index (χ0n) is 27.9. The van der Waals surface area contributed by atoms with Crippen LogP contribution in [0.1, 0.15) is 157 Å². The van der Waals surface area contributed by atoms with Gasteiger partial charge in [-0.1, -0.05) is 114 Å². The third-order valence-electron chi connectivity index (χ3n) is 7.26. The Labute approximate surface area is 256 Å². The predicted octanol–water partition coefficient (Wildman–Crippen LogP) is 9.66. The third kappa shape index (κ3) is 16.9. The van der Waals surface area contributed by atoms with Gasteiger partial charge in [-0.3, -0.25) is 14.4 Å². The Morgan fingerprint density at radius 1 is 0.595 bits per heavy atom. The Bertz CT molecular complexity index is 866. The lowest BCUT2D eigenvalue weighted by molar-refractivity contribution is -0.187. The summed E-state index contributed by atoms with van der Waals surface area (Å²) < 4.78 is 17.1. The van der Waals surface area contributed by atoms with Gasteiger partial charge in [0.1, 0.15) is 17.8 Å². The van der Waals surface area contributed by atoms with Crippen LogP contribution in [0.15, 0.2) is 30.3 Å². The fourth-order valence-electron chi connectivity index (χ4n) is 4.97. The Morgan fingerprint density at radius 2 is 1.02 bits per heavy atom. The molecule has 1 aromatic rings. The summed E-state index contributed by atoms with van der Waals surface area (Å²) in [7, 11) is 0. The van der Waals surface area contributed by atoms with Crippen LogP contribution >= 0.6 is 0 Å². The highest BCUT2D eigenvalue weighted by Gasteiger charge is 2.50. The fraction of sp³-hybridized carbons (Fsp3) is 0.750. The summed E-state index contributed by atoms with van der Waals surface area (Å²) >= 11 is 0. The number of rotatable bonds is 21. The maximum Gasteiger partial charge on any atom is 0.324 e. The van der Waals surface area contributed by atoms with Gasteiger partial charge in [0.25, 0.3) is 0 Å². The molecule has 1 aromatic carbocycles. The number of hydrogen-bond acceptors (Lipinski definition) is 6. The van der Waals surface area contributed by atoms with Gasteiger partial charge >= 0.3 is 17.9 Å². The molecule has 0 radical (unpaired) electrons. The molecule has 6 heteroatoms. The zero-order valence-corrected chi connectivity index (χ0v) is 27.9. The second-order valence-electron chi connectivity index (χ2n) is 13.7. The van der Waals surface area contributed by atoms with E-state index in [1.54, 1.807) is 0 Å². The highest BCUT2D eigenvalue weighted by atomic mass is 16.6. The van der Waals surface area contributed by atoms with Crippen LogP contribution < -0.4 is 0 Å². The molecular weight excluding hydrogens is 528 g/mol. The van der Waals surface area contributed by atoms with Crippen molar-refractivity contribution in [1.82, 2.24) is 0 Å². The molecule has 0 aromatic heterocycles. The molecule has 0 aliphatic rings. The van der Waals surface area contributed by atoms with E-state index in [4.69, 9.17) is 14.2 Å². The number of carbonyl (C=O) groups excluding carboxylic acids is 3. The van der Waals surface area contributed by atoms with E-state index in [9.17, 15) is 14.4 Å². The largest absolute Gasteiger partial charge is 0.461 e. The Morgan fingerprint density at radius 3 is 1.48 bits per heavy atom. The van der Waals surface area contributed by atoms with E-state index in [0.717, 1.165) is 63.4 Å². The van der Waals surface area contributed by atoms with Crippen molar-refractivity contribution in [2.45, 2.75) is 169 Å². The van der Waals surface area contributed by atoms with Gasteiger partial charge in [-0.15, -0.1) is 0 Å². The molecule has 0 fully saturated rings. The summed E-state index contributed by atoms with van der Waals surface area (Å²) in [5.41, 5.74) is -1.67. The quantitative estimate of drug-likeness (QED) is 0.0616. The van der Waals surface area contributed by atoms with Gasteiger partial charge < -0.3 is 14.2 Å². The minimum absolute atomic E-state index is 0.163. The first-order valence-corrected chi connectivity index (χ1v) is 16.5. The highest BCUT2D eigenvalue weighted by Crippen LogP contribution is 2.38. The van der Waals surface area contributed by atoms with E-state index < -0.39 is 28.6 Å². The van der Waals surface area contributed by atoms with E-state index in [2.05, 4.69) is 6.92 Å². The van der Waals surface area contributed by atoms with Crippen molar-refractivity contribution in [3.05, 3.63) is 35.9 Å². The van der Waals surface area contributed by atoms with Crippen LogP contribution in [0.3, 0.4) is 0 Å². The van der Waals surface area contributed by atoms with Gasteiger partial charge in [0.2, 0.25) is 0 Å². The van der Waals surface area contributed by atoms with E-state index in [1.165, 1.54) is 25.7 Å². The molecule has 0 amide bonds. The van der Waals surface area contributed by atoms with Gasteiger partial charge in [0.15, 0.2) is 5.41 Å². The van der Waals surface area contributed by atoms with Gasteiger partial charge in [-0.2, -0.15) is 0 Å². The SMILES string of the molecule is CCCCCCCCCC(CCCCCCCCC(=O)OCc1ccccc1)(C(=O)OC(C)(C)C)C(=O)OC(C)(C)C. The lowest BCUT2D eigenvalue weighted by Gasteiger charge is -2.35. The minimum Gasteiger partial charge on any atom is -0.461 e. The Balaban J connectivity index is 2.65. The normalized spacial score (nSPS) is 12.2. The van der Waals surface area contributed by atoms with Crippen LogP contribution in [-0.4, -0.2) is 29.1 Å². The lowest BCUT2D eigenvalue weighted by Crippen LogP contribution is -2.46. The number of ether oxygens (including phenoxy) is 3. The van der Waals surface area contributed by atoms with Crippen LogP contribution in [0.25, 0.3) is 0 Å². The van der Waals surface area contributed by atoms with Crippen molar-refractivity contribution in [3.63, 3.8) is 0 Å². The van der Waals surface area contributed by atoms with Crippen molar-refractivity contribution in [2.75, 3.05) is 0 Å². The van der Waals surface area contributed by atoms with Gasteiger partial charge in [-0.25, -0.2) is 0 Å². The highest BCUT2D eigenvalue weighted by molar-refractivity contribution is 6.00. The molecule has 6 nitrogen and oxygen atoms in total. The summed E-state index contributed by atoms with van der Waals surface area (Å²) in [6.07, 6.45) is 14.4. The molecule has 0 aliphatic heterocycles. The first-order chi connectivity index (χ1) is 19.8. The van der Waals surface area contributed by atoms with E-state index in [1.807, 2.05) is 71.9 Å². The summed E-state index contributed by atoms with van der Waals surface area (Å²) in [5, 5.41) is 0. The first-order valence-electron chi connectivity index (χ1n) is 16.5. The summed E-state index contributed by atoms with van der Waals surface area (Å²) in [6, 6.07) is 9.70. The minimum atomic E-state index is -1.29. The molecule has 0 N–H and O–H groups in total. The molecule has 0 aliphatic carbocycles. The van der Waals surface area contributed by atoms with Crippen molar-refractivity contribution in [1.29, 1.82) is 0 Å². The number of hydrogen-bond donors (Lipinski definition) is 0. The Kier molecular flexibility index (Phi) is 17.7. The molecule has 42 heavy (non-hydrogen) atoms. The zero-order chi connectivity index (χ0) is 31.5. The summed E-state index contributed by atoms with van der Waals surface area (Å²) in [5.74, 6) is -1.07. The monoisotopic (exact) mass is 588 g/mol. The molecule has 0 spiro atoms. The molecule has 0 saturated heterocycles. The van der Waals surface area contributed by atoms with Crippen molar-refractivity contribution in [3.8, 4) is 0 Å². The summed E-state index contributed by atoms with van der Waals surface area (Å²) in [6.45, 7) is 13.6. The smallest absolute Gasteiger partial charge is 0.324 e. The number of benzene rings is 1. The molecule has 0 saturated carbocycles. The predicted molar refractivity (Wildman–Crippen MR) is 170 cm³/mol. The van der Waals surface area contributed by atoms with Gasteiger partial charge in [-0.05, 0) is 66.4 Å². The maximum atomic E-state index is 13.7. The molecule has 0 bridgehead atoms. The average Bonchev–Trinajstić information content (AvgIpc) is 2.90. The van der Waals surface area contributed by atoms with Gasteiger partial charge in [0.05, 0.1) is 0 Å².